The summed E-state index contributed by atoms with van der Waals surface area (Å²) in [5.41, 5.74) is 0.490. The zero-order valence-corrected chi connectivity index (χ0v) is 14.4. The Morgan fingerprint density at radius 1 is 1.08 bits per heavy atom. The average molecular weight is 384 g/mol. The molecule has 4 N–H and O–H groups in total. The first-order valence-corrected chi connectivity index (χ1v) is 7.95. The molecule has 0 aliphatic rings. The van der Waals surface area contributed by atoms with Crippen LogP contribution in [-0.4, -0.2) is 40.2 Å². The predicted molar refractivity (Wildman–Crippen MR) is 94.9 cm³/mol. The van der Waals surface area contributed by atoms with Crippen molar-refractivity contribution in [3.8, 4) is 0 Å². The zero-order chi connectivity index (χ0) is 18.4. The minimum absolute atomic E-state index is 0.133. The molecule has 0 atom stereocenters. The van der Waals surface area contributed by atoms with E-state index in [2.05, 4.69) is 15.6 Å². The fourth-order valence-electron chi connectivity index (χ4n) is 1.94. The van der Waals surface area contributed by atoms with Gasteiger partial charge in [-0.15, -0.1) is 0 Å². The molecule has 0 radical (unpaired) electrons. The maximum atomic E-state index is 12.3. The van der Waals surface area contributed by atoms with Crippen molar-refractivity contribution >= 4 is 46.5 Å². The summed E-state index contributed by atoms with van der Waals surface area (Å²) >= 11 is 12.0. The van der Waals surface area contributed by atoms with Crippen molar-refractivity contribution < 1.29 is 19.8 Å². The highest BCUT2D eigenvalue weighted by molar-refractivity contribution is 6.40. The number of rotatable bonds is 6. The Balaban J connectivity index is 2.14. The SMILES string of the molecule is O=C(Nc1ccnc(NC(=O)C(CO)CO)c1)c1c(Cl)cccc1Cl. The van der Waals surface area contributed by atoms with E-state index in [1.807, 2.05) is 0 Å². The molecule has 0 unspecified atom stereocenters. The van der Waals surface area contributed by atoms with E-state index in [4.69, 9.17) is 33.4 Å². The number of nitrogens with zero attached hydrogens (tertiary/aromatic N) is 1. The number of benzene rings is 1. The summed E-state index contributed by atoms with van der Waals surface area (Å²) in [5, 5.41) is 23.5. The van der Waals surface area contributed by atoms with Gasteiger partial charge in [0.1, 0.15) is 5.82 Å². The van der Waals surface area contributed by atoms with Gasteiger partial charge in [-0.2, -0.15) is 0 Å². The highest BCUT2D eigenvalue weighted by atomic mass is 35.5. The molecular weight excluding hydrogens is 369 g/mol. The average Bonchev–Trinajstić information content (AvgIpc) is 2.56. The molecule has 132 valence electrons. The van der Waals surface area contributed by atoms with Gasteiger partial charge in [0.05, 0.1) is 34.7 Å². The van der Waals surface area contributed by atoms with Gasteiger partial charge >= 0.3 is 0 Å². The van der Waals surface area contributed by atoms with Gasteiger partial charge in [-0.3, -0.25) is 9.59 Å². The van der Waals surface area contributed by atoms with Crippen LogP contribution in [0.4, 0.5) is 11.5 Å². The lowest BCUT2D eigenvalue weighted by molar-refractivity contribution is -0.122. The molecule has 7 nitrogen and oxygen atoms in total. The second kappa shape index (κ2) is 8.77. The van der Waals surface area contributed by atoms with Gasteiger partial charge in [-0.25, -0.2) is 4.98 Å². The van der Waals surface area contributed by atoms with Crippen molar-refractivity contribution in [2.45, 2.75) is 0 Å². The first kappa shape index (κ1) is 19.1. The van der Waals surface area contributed by atoms with Crippen molar-refractivity contribution in [2.75, 3.05) is 23.8 Å². The topological polar surface area (TPSA) is 112 Å². The summed E-state index contributed by atoms with van der Waals surface area (Å²) in [6, 6.07) is 7.66. The summed E-state index contributed by atoms with van der Waals surface area (Å²) in [7, 11) is 0. The summed E-state index contributed by atoms with van der Waals surface area (Å²) in [4.78, 5) is 28.1. The second-order valence-electron chi connectivity index (χ2n) is 5.03. The smallest absolute Gasteiger partial charge is 0.258 e. The molecule has 0 spiro atoms. The fourth-order valence-corrected chi connectivity index (χ4v) is 2.51. The molecule has 2 amide bonds. The largest absolute Gasteiger partial charge is 0.395 e. The van der Waals surface area contributed by atoms with E-state index in [9.17, 15) is 9.59 Å². The molecule has 25 heavy (non-hydrogen) atoms. The normalized spacial score (nSPS) is 10.6. The number of aliphatic hydroxyl groups is 2. The maximum Gasteiger partial charge on any atom is 0.258 e. The Bertz CT molecular complexity index is 761. The summed E-state index contributed by atoms with van der Waals surface area (Å²) < 4.78 is 0. The van der Waals surface area contributed by atoms with Gasteiger partial charge < -0.3 is 20.8 Å². The maximum absolute atomic E-state index is 12.3. The number of pyridine rings is 1. The molecular formula is C16H15Cl2N3O4. The third kappa shape index (κ3) is 4.90. The fraction of sp³-hybridized carbons (Fsp3) is 0.188. The molecule has 1 heterocycles. The number of anilines is 2. The van der Waals surface area contributed by atoms with Crippen LogP contribution in [0.25, 0.3) is 0 Å². The first-order valence-electron chi connectivity index (χ1n) is 7.20. The lowest BCUT2D eigenvalue weighted by Crippen LogP contribution is -2.28. The molecule has 2 aromatic rings. The number of hydrogen-bond acceptors (Lipinski definition) is 5. The highest BCUT2D eigenvalue weighted by Crippen LogP contribution is 2.25. The first-order chi connectivity index (χ1) is 12.0. The highest BCUT2D eigenvalue weighted by Gasteiger charge is 2.18. The molecule has 0 bridgehead atoms. The monoisotopic (exact) mass is 383 g/mol. The number of halogens is 2. The number of aromatic nitrogens is 1. The number of hydrogen-bond donors (Lipinski definition) is 4. The second-order valence-corrected chi connectivity index (χ2v) is 5.85. The Labute approximate surface area is 153 Å². The zero-order valence-electron chi connectivity index (χ0n) is 12.9. The lowest BCUT2D eigenvalue weighted by Gasteiger charge is -2.12. The van der Waals surface area contributed by atoms with Crippen LogP contribution in [0.15, 0.2) is 36.5 Å². The van der Waals surface area contributed by atoms with E-state index >= 15 is 0 Å². The van der Waals surface area contributed by atoms with Crippen LogP contribution in [-0.2, 0) is 4.79 Å². The Morgan fingerprint density at radius 3 is 2.32 bits per heavy atom. The molecule has 0 saturated carbocycles. The Morgan fingerprint density at radius 2 is 1.72 bits per heavy atom. The Hall–Kier alpha value is -2.19. The summed E-state index contributed by atoms with van der Waals surface area (Å²) in [6.07, 6.45) is 1.38. The number of aliphatic hydroxyl groups excluding tert-OH is 2. The molecule has 1 aromatic heterocycles. The van der Waals surface area contributed by atoms with Gasteiger partial charge in [0.15, 0.2) is 0 Å². The van der Waals surface area contributed by atoms with Crippen LogP contribution in [0, 0.1) is 5.92 Å². The predicted octanol–water partition coefficient (Wildman–Crippen LogP) is 2.18. The molecule has 0 aliphatic carbocycles. The van der Waals surface area contributed by atoms with E-state index in [1.165, 1.54) is 18.3 Å². The molecule has 0 saturated heterocycles. The molecule has 9 heteroatoms. The minimum Gasteiger partial charge on any atom is -0.395 e. The van der Waals surface area contributed by atoms with Crippen molar-refractivity contribution in [3.63, 3.8) is 0 Å². The number of carbonyl (C=O) groups excluding carboxylic acids is 2. The quantitative estimate of drug-likeness (QED) is 0.610. The van der Waals surface area contributed by atoms with Crippen LogP contribution in [0.1, 0.15) is 10.4 Å². The van der Waals surface area contributed by atoms with Gasteiger partial charge in [0, 0.05) is 18.0 Å². The van der Waals surface area contributed by atoms with Crippen molar-refractivity contribution in [2.24, 2.45) is 5.92 Å². The van der Waals surface area contributed by atoms with Gasteiger partial charge in [0.25, 0.3) is 5.91 Å². The summed E-state index contributed by atoms with van der Waals surface area (Å²) in [6.45, 7) is -0.993. The standard InChI is InChI=1S/C16H15Cl2N3O4/c17-11-2-1-3-12(18)14(11)16(25)20-10-4-5-19-13(6-10)21-15(24)9(7-22)8-23/h1-6,9,22-23H,7-8H2,(H2,19,20,21,24,25). The van der Waals surface area contributed by atoms with Crippen LogP contribution < -0.4 is 10.6 Å². The van der Waals surface area contributed by atoms with E-state index in [1.54, 1.807) is 18.2 Å². The number of amides is 2. The molecule has 0 fully saturated rings. The lowest BCUT2D eigenvalue weighted by atomic mass is 10.1. The van der Waals surface area contributed by atoms with E-state index in [0.717, 1.165) is 0 Å². The van der Waals surface area contributed by atoms with E-state index < -0.39 is 30.9 Å². The van der Waals surface area contributed by atoms with Crippen LogP contribution in [0.2, 0.25) is 10.0 Å². The third-order valence-electron chi connectivity index (χ3n) is 3.27. The molecule has 0 aliphatic heterocycles. The third-order valence-corrected chi connectivity index (χ3v) is 3.90. The van der Waals surface area contributed by atoms with Crippen molar-refractivity contribution in [1.82, 2.24) is 4.98 Å². The van der Waals surface area contributed by atoms with Crippen molar-refractivity contribution in [1.29, 1.82) is 0 Å². The summed E-state index contributed by atoms with van der Waals surface area (Å²) in [5.74, 6) is -1.90. The number of carbonyl (C=O) groups is 2. The van der Waals surface area contributed by atoms with Gasteiger partial charge in [-0.05, 0) is 18.2 Å². The minimum atomic E-state index is -0.957. The van der Waals surface area contributed by atoms with E-state index in [0.29, 0.717) is 5.69 Å². The van der Waals surface area contributed by atoms with Crippen LogP contribution in [0.5, 0.6) is 0 Å². The van der Waals surface area contributed by atoms with Gasteiger partial charge in [0.2, 0.25) is 5.91 Å². The van der Waals surface area contributed by atoms with Gasteiger partial charge in [-0.1, -0.05) is 29.3 Å². The molecule has 2 rings (SSSR count). The van der Waals surface area contributed by atoms with Crippen LogP contribution in [0.3, 0.4) is 0 Å². The number of nitrogens with one attached hydrogen (secondary N) is 2. The van der Waals surface area contributed by atoms with Crippen molar-refractivity contribution in [3.05, 3.63) is 52.1 Å². The van der Waals surface area contributed by atoms with E-state index in [-0.39, 0.29) is 21.4 Å². The van der Waals surface area contributed by atoms with Crippen LogP contribution >= 0.6 is 23.2 Å². The molecule has 1 aromatic carbocycles. The Kier molecular flexibility index (Phi) is 6.72.